The van der Waals surface area contributed by atoms with Crippen LogP contribution in [0.25, 0.3) is 67.0 Å². The Kier molecular flexibility index (Phi) is 8.78. The second kappa shape index (κ2) is 13.0. The predicted molar refractivity (Wildman–Crippen MR) is 187 cm³/mol. The fourth-order valence-electron chi connectivity index (χ4n) is 6.64. The molecule has 0 saturated heterocycles. The Balaban J connectivity index is 0.00000420. The molecule has 0 saturated carbocycles. The number of para-hydroxylation sites is 1. The van der Waals surface area contributed by atoms with Gasteiger partial charge in [0.05, 0.1) is 22.8 Å². The first-order chi connectivity index (χ1) is 24.5. The molecule has 0 unspecified atom stereocenters. The molecule has 0 fully saturated rings. The van der Waals surface area contributed by atoms with Gasteiger partial charge < -0.3 is 9.13 Å². The van der Waals surface area contributed by atoms with Gasteiger partial charge in [-0.15, -0.1) is 47.3 Å². The summed E-state index contributed by atoms with van der Waals surface area (Å²) >= 11 is 0. The SMILES string of the molecule is Cn1ccnc1-c1[c-]c(-n2c3[c-]c(-n4nc(C(C)(C)C)c(-c5c(F)c(F)c(F)c(F)c5F)c4-c4ccccc4)ccc3c3ccccc32)ccc1.[Pt+2]. The fraction of sp³-hybridized carbons (Fsp3) is 0.122. The zero-order valence-corrected chi connectivity index (χ0v) is 30.5. The van der Waals surface area contributed by atoms with E-state index in [9.17, 15) is 13.2 Å². The summed E-state index contributed by atoms with van der Waals surface area (Å²) in [6, 6.07) is 33.0. The molecule has 0 aliphatic carbocycles. The van der Waals surface area contributed by atoms with Gasteiger partial charge in [0.2, 0.25) is 5.82 Å². The quantitative estimate of drug-likeness (QED) is 0.0748. The van der Waals surface area contributed by atoms with Gasteiger partial charge in [0.1, 0.15) is 0 Å². The topological polar surface area (TPSA) is 40.6 Å². The molecule has 0 spiro atoms. The van der Waals surface area contributed by atoms with Crippen molar-refractivity contribution in [3.05, 3.63) is 144 Å². The Bertz CT molecular complexity index is 2620. The van der Waals surface area contributed by atoms with Crippen molar-refractivity contribution in [1.82, 2.24) is 23.9 Å². The van der Waals surface area contributed by atoms with E-state index in [1.165, 1.54) is 4.68 Å². The average molecular weight is 881 g/mol. The van der Waals surface area contributed by atoms with E-state index >= 15 is 8.78 Å². The van der Waals surface area contributed by atoms with Crippen molar-refractivity contribution in [3.8, 4) is 45.1 Å². The third-order valence-corrected chi connectivity index (χ3v) is 8.98. The summed E-state index contributed by atoms with van der Waals surface area (Å²) < 4.78 is 80.7. The third kappa shape index (κ3) is 5.48. The van der Waals surface area contributed by atoms with Crippen molar-refractivity contribution in [1.29, 1.82) is 0 Å². The summed E-state index contributed by atoms with van der Waals surface area (Å²) in [4.78, 5) is 4.49. The van der Waals surface area contributed by atoms with Crippen LogP contribution >= 0.6 is 0 Å². The van der Waals surface area contributed by atoms with Crippen LogP contribution in [0.4, 0.5) is 22.0 Å². The molecule has 3 heterocycles. The summed E-state index contributed by atoms with van der Waals surface area (Å²) in [6.07, 6.45) is 3.58. The molecular formula is C41H28F5N5Pt. The van der Waals surface area contributed by atoms with Gasteiger partial charge >= 0.3 is 21.1 Å². The molecule has 0 aliphatic rings. The van der Waals surface area contributed by atoms with Crippen LogP contribution in [0.15, 0.2) is 97.3 Å². The van der Waals surface area contributed by atoms with Crippen molar-refractivity contribution in [2.75, 3.05) is 0 Å². The number of aromatic nitrogens is 5. The molecule has 11 heteroatoms. The maximum atomic E-state index is 15.7. The zero-order chi connectivity index (χ0) is 35.8. The molecule has 0 atom stereocenters. The van der Waals surface area contributed by atoms with Crippen LogP contribution in [0.3, 0.4) is 0 Å². The van der Waals surface area contributed by atoms with Gasteiger partial charge in [0.15, 0.2) is 23.3 Å². The van der Waals surface area contributed by atoms with Gasteiger partial charge in [-0.2, -0.15) is 11.2 Å². The number of rotatable bonds is 5. The Morgan fingerprint density at radius 3 is 2.00 bits per heavy atom. The number of hydrogen-bond donors (Lipinski definition) is 0. The summed E-state index contributed by atoms with van der Waals surface area (Å²) in [5.41, 5.74) is 2.00. The smallest absolute Gasteiger partial charge is 0.373 e. The van der Waals surface area contributed by atoms with E-state index in [-0.39, 0.29) is 38.0 Å². The van der Waals surface area contributed by atoms with Crippen molar-refractivity contribution in [3.63, 3.8) is 0 Å². The summed E-state index contributed by atoms with van der Waals surface area (Å²) in [5.74, 6) is -9.42. The largest absolute Gasteiger partial charge is 2.00 e. The summed E-state index contributed by atoms with van der Waals surface area (Å²) in [7, 11) is 1.91. The molecular weight excluding hydrogens is 853 g/mol. The second-order valence-electron chi connectivity index (χ2n) is 13.3. The van der Waals surface area contributed by atoms with Crippen LogP contribution in [0.2, 0.25) is 0 Å². The van der Waals surface area contributed by atoms with Gasteiger partial charge in [-0.3, -0.25) is 9.67 Å². The van der Waals surface area contributed by atoms with Crippen LogP contribution in [0.1, 0.15) is 26.5 Å². The van der Waals surface area contributed by atoms with E-state index in [0.717, 1.165) is 33.4 Å². The van der Waals surface area contributed by atoms with E-state index in [1.807, 2.05) is 70.9 Å². The van der Waals surface area contributed by atoms with E-state index in [1.54, 1.807) is 63.4 Å². The Morgan fingerprint density at radius 1 is 0.654 bits per heavy atom. The molecule has 0 N–H and O–H groups in total. The van der Waals surface area contributed by atoms with E-state index in [0.29, 0.717) is 16.8 Å². The van der Waals surface area contributed by atoms with Crippen molar-refractivity contribution in [2.45, 2.75) is 26.2 Å². The number of imidazole rings is 1. The first kappa shape index (κ1) is 35.1. The average Bonchev–Trinajstić information content (AvgIpc) is 3.84. The van der Waals surface area contributed by atoms with Crippen LogP contribution in [-0.2, 0) is 33.5 Å². The monoisotopic (exact) mass is 880 g/mol. The molecule has 0 bridgehead atoms. The molecule has 0 aliphatic heterocycles. The van der Waals surface area contributed by atoms with Gasteiger partial charge in [-0.25, -0.2) is 22.0 Å². The van der Waals surface area contributed by atoms with Crippen molar-refractivity contribution < 1.29 is 43.0 Å². The van der Waals surface area contributed by atoms with Crippen LogP contribution < -0.4 is 0 Å². The van der Waals surface area contributed by atoms with Crippen molar-refractivity contribution >= 4 is 21.8 Å². The molecule has 8 rings (SSSR count). The molecule has 8 aromatic rings. The molecule has 52 heavy (non-hydrogen) atoms. The molecule has 0 radical (unpaired) electrons. The van der Waals surface area contributed by atoms with Gasteiger partial charge in [-0.05, 0) is 22.8 Å². The fourth-order valence-corrected chi connectivity index (χ4v) is 6.64. The van der Waals surface area contributed by atoms with Crippen molar-refractivity contribution in [2.24, 2.45) is 7.05 Å². The Morgan fingerprint density at radius 2 is 1.33 bits per heavy atom. The molecule has 5 aromatic carbocycles. The molecule has 262 valence electrons. The van der Waals surface area contributed by atoms with Gasteiger partial charge in [0.25, 0.3) is 0 Å². The maximum Gasteiger partial charge on any atom is 2.00 e. The van der Waals surface area contributed by atoms with Crippen LogP contribution in [-0.4, -0.2) is 23.9 Å². The second-order valence-corrected chi connectivity index (χ2v) is 13.3. The normalized spacial score (nSPS) is 11.8. The van der Waals surface area contributed by atoms with Gasteiger partial charge in [0, 0.05) is 41.5 Å². The number of fused-ring (bicyclic) bond motifs is 3. The number of halogens is 5. The Hall–Kier alpha value is -5.34. The van der Waals surface area contributed by atoms with Crippen LogP contribution in [0, 0.1) is 41.2 Å². The number of benzene rings is 5. The van der Waals surface area contributed by atoms with Crippen LogP contribution in [0.5, 0.6) is 0 Å². The maximum absolute atomic E-state index is 15.7. The minimum atomic E-state index is -2.23. The first-order valence-corrected chi connectivity index (χ1v) is 16.1. The number of nitrogens with zero attached hydrogens (tertiary/aromatic N) is 5. The number of aryl methyl sites for hydroxylation is 1. The summed E-state index contributed by atoms with van der Waals surface area (Å²) in [6.45, 7) is 5.29. The first-order valence-electron chi connectivity index (χ1n) is 16.1. The minimum Gasteiger partial charge on any atom is -0.373 e. The van der Waals surface area contributed by atoms with E-state index in [4.69, 9.17) is 5.10 Å². The number of hydrogen-bond acceptors (Lipinski definition) is 2. The summed E-state index contributed by atoms with van der Waals surface area (Å²) in [5, 5.41) is 6.70. The predicted octanol–water partition coefficient (Wildman–Crippen LogP) is 10.3. The van der Waals surface area contributed by atoms with E-state index in [2.05, 4.69) is 17.1 Å². The molecule has 5 nitrogen and oxygen atoms in total. The molecule has 0 amide bonds. The Labute approximate surface area is 310 Å². The zero-order valence-electron chi connectivity index (χ0n) is 28.2. The minimum absolute atomic E-state index is 0. The standard InChI is InChI=1S/C41H28F5N5.Pt/c1-41(2,3)39-32(31-33(42)35(44)37(46)36(45)34(31)43)38(23-11-6-5-7-12-23)51(48-39)26-17-18-28-27-15-8-9-16-29(27)50(30(28)22-26)25-14-10-13-24(21-25)40-47-19-20-49(40)4;/h5-20H,1-4H3;/q-2;+2. The van der Waals surface area contributed by atoms with Gasteiger partial charge in [-0.1, -0.05) is 74.8 Å². The van der Waals surface area contributed by atoms with E-state index < -0.39 is 40.1 Å². The molecule has 3 aromatic heterocycles. The third-order valence-electron chi connectivity index (χ3n) is 8.98.